The van der Waals surface area contributed by atoms with Crippen LogP contribution in [-0.4, -0.2) is 9.13 Å². The van der Waals surface area contributed by atoms with Crippen LogP contribution >= 0.6 is 0 Å². The summed E-state index contributed by atoms with van der Waals surface area (Å²) in [6, 6.07) is 49.2. The summed E-state index contributed by atoms with van der Waals surface area (Å²) in [7, 11) is 0. The molecular weight excluding hydrogens is 538 g/mol. The van der Waals surface area contributed by atoms with Gasteiger partial charge in [-0.1, -0.05) is 54.6 Å². The Morgan fingerprint density at radius 3 is 1.73 bits per heavy atom. The average Bonchev–Trinajstić information content (AvgIpc) is 3.60. The molecule has 0 spiro atoms. The van der Waals surface area contributed by atoms with Gasteiger partial charge >= 0.3 is 0 Å². The lowest BCUT2D eigenvalue weighted by Gasteiger charge is -2.11. The lowest BCUT2D eigenvalue weighted by atomic mass is 10.0. The third kappa shape index (κ3) is 3.70. The molecule has 2 aromatic heterocycles. The topological polar surface area (TPSA) is 81.2 Å². The molecule has 6 aromatic carbocycles. The highest BCUT2D eigenvalue weighted by atomic mass is 15.0. The molecule has 44 heavy (non-hydrogen) atoms. The van der Waals surface area contributed by atoms with Crippen molar-refractivity contribution in [3.8, 4) is 40.7 Å². The van der Waals surface area contributed by atoms with Crippen LogP contribution in [0, 0.1) is 34.0 Å². The summed E-state index contributed by atoms with van der Waals surface area (Å²) < 4.78 is 4.34. The van der Waals surface area contributed by atoms with Gasteiger partial charge < -0.3 is 9.13 Å². The molecule has 0 aliphatic heterocycles. The van der Waals surface area contributed by atoms with Gasteiger partial charge in [-0.2, -0.15) is 15.8 Å². The highest BCUT2D eigenvalue weighted by Crippen LogP contribution is 2.38. The van der Waals surface area contributed by atoms with Crippen LogP contribution < -0.4 is 0 Å². The van der Waals surface area contributed by atoms with Crippen LogP contribution in [0.2, 0.25) is 0 Å². The van der Waals surface area contributed by atoms with Gasteiger partial charge in [-0.15, -0.1) is 0 Å². The third-order valence-corrected chi connectivity index (χ3v) is 8.42. The molecule has 0 N–H and O–H groups in total. The maximum absolute atomic E-state index is 9.93. The van der Waals surface area contributed by atoms with Gasteiger partial charge in [0.05, 0.1) is 56.6 Å². The van der Waals surface area contributed by atoms with Gasteiger partial charge in [-0.25, -0.2) is 0 Å². The van der Waals surface area contributed by atoms with E-state index in [1.807, 2.05) is 36.4 Å². The van der Waals surface area contributed by atoms with E-state index in [4.69, 9.17) is 0 Å². The first kappa shape index (κ1) is 25.1. The molecule has 2 heterocycles. The van der Waals surface area contributed by atoms with Gasteiger partial charge in [0.2, 0.25) is 0 Å². The molecule has 8 rings (SSSR count). The van der Waals surface area contributed by atoms with Crippen molar-refractivity contribution in [1.29, 1.82) is 15.8 Å². The average molecular weight is 560 g/mol. The zero-order valence-electron chi connectivity index (χ0n) is 23.4. The minimum Gasteiger partial charge on any atom is -0.309 e. The van der Waals surface area contributed by atoms with E-state index in [2.05, 4.69) is 100 Å². The van der Waals surface area contributed by atoms with Crippen molar-refractivity contribution in [1.82, 2.24) is 9.13 Å². The van der Waals surface area contributed by atoms with Gasteiger partial charge in [-0.3, -0.25) is 0 Å². The smallest absolute Gasteiger partial charge is 0.101 e. The van der Waals surface area contributed by atoms with Gasteiger partial charge in [0.25, 0.3) is 0 Å². The number of aromatic nitrogens is 2. The monoisotopic (exact) mass is 559 g/mol. The van der Waals surface area contributed by atoms with Gasteiger partial charge in [0.1, 0.15) is 6.07 Å². The molecule has 0 atom stereocenters. The van der Waals surface area contributed by atoms with E-state index in [-0.39, 0.29) is 0 Å². The molecule has 0 aliphatic carbocycles. The van der Waals surface area contributed by atoms with Crippen LogP contribution in [0.3, 0.4) is 0 Å². The van der Waals surface area contributed by atoms with Gasteiger partial charge in [0, 0.05) is 27.2 Å². The van der Waals surface area contributed by atoms with E-state index in [1.54, 1.807) is 18.2 Å². The SMILES string of the molecule is N#Cc1ccc(-n2c3ccccc3c3ccc(-c4ccc5c(c4)c4ccccc4n5-c4cc(C#N)ccc4C#N)cc32)cc1. The van der Waals surface area contributed by atoms with Crippen molar-refractivity contribution in [3.63, 3.8) is 0 Å². The van der Waals surface area contributed by atoms with E-state index in [9.17, 15) is 15.8 Å². The molecular formula is C39H21N5. The molecule has 0 saturated carbocycles. The second-order valence-electron chi connectivity index (χ2n) is 10.8. The molecule has 0 saturated heterocycles. The molecule has 0 radical (unpaired) electrons. The standard InChI is InChI=1S/C39H21N5/c40-22-25-10-15-30(16-11-25)43-35-7-3-1-5-31(35)33-17-13-28(21-39(33)43)27-14-18-37-34(20-27)32-6-2-4-8-36(32)44(37)38-19-26(23-41)9-12-29(38)24-42/h1-21H. The molecule has 0 unspecified atom stereocenters. The summed E-state index contributed by atoms with van der Waals surface area (Å²) in [5.41, 5.74) is 9.63. The molecule has 0 bridgehead atoms. The van der Waals surface area contributed by atoms with Crippen LogP contribution in [-0.2, 0) is 0 Å². The Hall–Kier alpha value is -6.61. The minimum absolute atomic E-state index is 0.507. The van der Waals surface area contributed by atoms with Crippen molar-refractivity contribution in [3.05, 3.63) is 144 Å². The molecule has 202 valence electrons. The van der Waals surface area contributed by atoms with Crippen LogP contribution in [0.5, 0.6) is 0 Å². The van der Waals surface area contributed by atoms with Gasteiger partial charge in [0.15, 0.2) is 0 Å². The van der Waals surface area contributed by atoms with Crippen LogP contribution in [0.1, 0.15) is 16.7 Å². The van der Waals surface area contributed by atoms with Crippen LogP contribution in [0.15, 0.2) is 127 Å². The van der Waals surface area contributed by atoms with Gasteiger partial charge in [-0.05, 0) is 83.9 Å². The second kappa shape index (κ2) is 9.74. The number of nitriles is 3. The minimum atomic E-state index is 0.507. The van der Waals surface area contributed by atoms with E-state index in [0.29, 0.717) is 22.4 Å². The maximum atomic E-state index is 9.93. The zero-order chi connectivity index (χ0) is 29.8. The van der Waals surface area contributed by atoms with Crippen LogP contribution in [0.4, 0.5) is 0 Å². The molecule has 0 amide bonds. The van der Waals surface area contributed by atoms with Crippen molar-refractivity contribution >= 4 is 43.6 Å². The predicted octanol–water partition coefficient (Wildman–Crippen LogP) is 9.16. The Morgan fingerprint density at radius 1 is 0.409 bits per heavy atom. The molecule has 0 fully saturated rings. The van der Waals surface area contributed by atoms with E-state index in [1.165, 1.54) is 5.39 Å². The summed E-state index contributed by atoms with van der Waals surface area (Å²) in [5.74, 6) is 0. The van der Waals surface area contributed by atoms with E-state index in [0.717, 1.165) is 55.0 Å². The molecule has 0 aliphatic rings. The Balaban J connectivity index is 1.37. The summed E-state index contributed by atoms with van der Waals surface area (Å²) >= 11 is 0. The molecule has 5 nitrogen and oxygen atoms in total. The first-order valence-electron chi connectivity index (χ1n) is 14.2. The van der Waals surface area contributed by atoms with E-state index < -0.39 is 0 Å². The number of para-hydroxylation sites is 2. The first-order valence-corrected chi connectivity index (χ1v) is 14.2. The Labute approximate surface area is 252 Å². The number of hydrogen-bond acceptors (Lipinski definition) is 3. The largest absolute Gasteiger partial charge is 0.309 e. The highest BCUT2D eigenvalue weighted by molar-refractivity contribution is 6.12. The number of rotatable bonds is 3. The fourth-order valence-electron chi connectivity index (χ4n) is 6.41. The maximum Gasteiger partial charge on any atom is 0.101 e. The fraction of sp³-hybridized carbons (Fsp3) is 0. The summed E-state index contributed by atoms with van der Waals surface area (Å²) in [6.45, 7) is 0. The summed E-state index contributed by atoms with van der Waals surface area (Å²) in [6.07, 6.45) is 0. The molecule has 8 aromatic rings. The number of nitrogens with zero attached hydrogens (tertiary/aromatic N) is 5. The van der Waals surface area contributed by atoms with Crippen molar-refractivity contribution in [2.45, 2.75) is 0 Å². The molecule has 5 heteroatoms. The van der Waals surface area contributed by atoms with Crippen molar-refractivity contribution in [2.75, 3.05) is 0 Å². The van der Waals surface area contributed by atoms with Crippen molar-refractivity contribution in [2.24, 2.45) is 0 Å². The number of hydrogen-bond donors (Lipinski definition) is 0. The normalized spacial score (nSPS) is 11.1. The van der Waals surface area contributed by atoms with Crippen LogP contribution in [0.25, 0.3) is 66.1 Å². The zero-order valence-corrected chi connectivity index (χ0v) is 23.4. The first-order chi connectivity index (χ1) is 21.7. The Bertz CT molecular complexity index is 2580. The fourth-order valence-corrected chi connectivity index (χ4v) is 6.41. The predicted molar refractivity (Wildman–Crippen MR) is 175 cm³/mol. The number of fused-ring (bicyclic) bond motifs is 6. The summed E-state index contributed by atoms with van der Waals surface area (Å²) in [4.78, 5) is 0. The lowest BCUT2D eigenvalue weighted by Crippen LogP contribution is -1.98. The summed E-state index contributed by atoms with van der Waals surface area (Å²) in [5, 5.41) is 33.3. The quantitative estimate of drug-likeness (QED) is 0.216. The number of benzene rings is 6. The Morgan fingerprint density at radius 2 is 1.00 bits per heavy atom. The van der Waals surface area contributed by atoms with E-state index >= 15 is 0 Å². The van der Waals surface area contributed by atoms with Crippen molar-refractivity contribution < 1.29 is 0 Å². The Kier molecular flexibility index (Phi) is 5.56. The highest BCUT2D eigenvalue weighted by Gasteiger charge is 2.17. The second-order valence-corrected chi connectivity index (χ2v) is 10.8. The lowest BCUT2D eigenvalue weighted by molar-refractivity contribution is 1.16. The third-order valence-electron chi connectivity index (χ3n) is 8.42.